The van der Waals surface area contributed by atoms with E-state index in [1.165, 1.54) is 0 Å². The first-order chi connectivity index (χ1) is 7.74. The second-order valence-corrected chi connectivity index (χ2v) is 4.31. The molecule has 2 rings (SSSR count). The highest BCUT2D eigenvalue weighted by atomic mass is 79.9. The molecule has 5 nitrogen and oxygen atoms in total. The number of nitrogens with zero attached hydrogens (tertiary/aromatic N) is 2. The minimum absolute atomic E-state index is 0.0778. The summed E-state index contributed by atoms with van der Waals surface area (Å²) in [6.07, 6.45) is 1.12. The van der Waals surface area contributed by atoms with Crippen molar-refractivity contribution in [3.05, 3.63) is 16.4 Å². The van der Waals surface area contributed by atoms with E-state index < -0.39 is 6.10 Å². The van der Waals surface area contributed by atoms with E-state index >= 15 is 0 Å². The molecule has 0 saturated carbocycles. The zero-order valence-corrected chi connectivity index (χ0v) is 10.6. The molecule has 0 radical (unpaired) electrons. The lowest BCUT2D eigenvalue weighted by atomic mass is 10.1. The summed E-state index contributed by atoms with van der Waals surface area (Å²) >= 11 is 3.32. The Morgan fingerprint density at radius 2 is 2.50 bits per heavy atom. The molecule has 6 heteroatoms. The number of Topliss-reactive ketones (excluding diaryl/α,β-unsaturated/α-hetero) is 1. The smallest absolute Gasteiger partial charge is 0.213 e. The quantitative estimate of drug-likeness (QED) is 0.786. The van der Waals surface area contributed by atoms with Gasteiger partial charge in [0.15, 0.2) is 0 Å². The number of rotatable bonds is 3. The Kier molecular flexibility index (Phi) is 3.73. The third-order valence-electron chi connectivity index (χ3n) is 2.44. The van der Waals surface area contributed by atoms with Crippen LogP contribution in [-0.4, -0.2) is 41.5 Å². The van der Waals surface area contributed by atoms with E-state index in [2.05, 4.69) is 21.0 Å². The molecule has 1 atom stereocenters. The van der Waals surface area contributed by atoms with Crippen molar-refractivity contribution in [2.24, 2.45) is 0 Å². The fraction of sp³-hybridized carbons (Fsp3) is 0.600. The number of hydrogen-bond acceptors (Lipinski definition) is 4. The van der Waals surface area contributed by atoms with Gasteiger partial charge in [0.05, 0.1) is 30.5 Å². The maximum atomic E-state index is 12.2. The lowest BCUT2D eigenvalue weighted by molar-refractivity contribution is -0.0722. The van der Waals surface area contributed by atoms with Crippen LogP contribution in [0.15, 0.2) is 10.7 Å². The normalized spacial score (nSPS) is 21.0. The van der Waals surface area contributed by atoms with E-state index in [4.69, 9.17) is 9.47 Å². The van der Waals surface area contributed by atoms with Crippen LogP contribution in [0.1, 0.15) is 17.4 Å². The number of ketones is 1. The van der Waals surface area contributed by atoms with Crippen LogP contribution >= 0.6 is 15.9 Å². The fourth-order valence-electron chi connectivity index (χ4n) is 1.64. The Balaban J connectivity index is 2.21. The van der Waals surface area contributed by atoms with Crippen molar-refractivity contribution in [1.82, 2.24) is 9.78 Å². The van der Waals surface area contributed by atoms with Gasteiger partial charge in [0.1, 0.15) is 11.8 Å². The number of aromatic nitrogens is 2. The predicted molar refractivity (Wildman–Crippen MR) is 60.5 cm³/mol. The van der Waals surface area contributed by atoms with Gasteiger partial charge in [0.2, 0.25) is 5.78 Å². The largest absolute Gasteiger partial charge is 0.376 e. The summed E-state index contributed by atoms with van der Waals surface area (Å²) in [5, 5.41) is 4.10. The Bertz CT molecular complexity index is 385. The molecule has 0 aromatic carbocycles. The maximum Gasteiger partial charge on any atom is 0.213 e. The average Bonchev–Trinajstić information content (AvgIpc) is 2.70. The molecule has 0 aliphatic carbocycles. The first kappa shape index (κ1) is 11.8. The number of carbonyl (C=O) groups is 1. The van der Waals surface area contributed by atoms with Gasteiger partial charge >= 0.3 is 0 Å². The number of carbonyl (C=O) groups excluding carboxylic acids is 1. The van der Waals surface area contributed by atoms with Crippen LogP contribution in [0, 0.1) is 0 Å². The second-order valence-electron chi connectivity index (χ2n) is 3.46. The van der Waals surface area contributed by atoms with Gasteiger partial charge in [-0.1, -0.05) is 0 Å². The zero-order valence-electron chi connectivity index (χ0n) is 8.98. The van der Waals surface area contributed by atoms with E-state index in [0.717, 1.165) is 0 Å². The summed E-state index contributed by atoms with van der Waals surface area (Å²) in [6, 6.07) is 0. The van der Waals surface area contributed by atoms with Crippen LogP contribution in [0.25, 0.3) is 0 Å². The lowest BCUT2D eigenvalue weighted by Gasteiger charge is -2.22. The van der Waals surface area contributed by atoms with Crippen molar-refractivity contribution in [3.8, 4) is 0 Å². The SMILES string of the molecule is CCn1ncc(Br)c1C(=O)C1COCCO1. The molecule has 1 aromatic heterocycles. The van der Waals surface area contributed by atoms with Crippen LogP contribution in [-0.2, 0) is 16.0 Å². The standard InChI is InChI=1S/C10H13BrN2O3/c1-2-13-9(7(11)5-12-13)10(14)8-6-15-3-4-16-8/h5,8H,2-4,6H2,1H3. The van der Waals surface area contributed by atoms with Crippen molar-refractivity contribution < 1.29 is 14.3 Å². The van der Waals surface area contributed by atoms with Crippen LogP contribution in [0.4, 0.5) is 0 Å². The third kappa shape index (κ3) is 2.18. The first-order valence-electron chi connectivity index (χ1n) is 5.19. The topological polar surface area (TPSA) is 53.4 Å². The number of aryl methyl sites for hydroxylation is 1. The van der Waals surface area contributed by atoms with E-state index in [-0.39, 0.29) is 5.78 Å². The average molecular weight is 289 g/mol. The van der Waals surface area contributed by atoms with Crippen molar-refractivity contribution in [3.63, 3.8) is 0 Å². The van der Waals surface area contributed by atoms with Gasteiger partial charge in [-0.25, -0.2) is 0 Å². The molecule has 0 spiro atoms. The van der Waals surface area contributed by atoms with E-state index in [1.54, 1.807) is 10.9 Å². The van der Waals surface area contributed by atoms with E-state index in [0.29, 0.717) is 36.5 Å². The Hall–Kier alpha value is -0.720. The van der Waals surface area contributed by atoms with E-state index in [1.807, 2.05) is 6.92 Å². The Labute approximate surface area is 102 Å². The molecule has 1 aliphatic heterocycles. The van der Waals surface area contributed by atoms with Gasteiger partial charge in [-0.2, -0.15) is 5.10 Å². The summed E-state index contributed by atoms with van der Waals surface area (Å²) in [7, 11) is 0. The molecule has 1 saturated heterocycles. The fourth-order valence-corrected chi connectivity index (χ4v) is 2.13. The van der Waals surface area contributed by atoms with Crippen LogP contribution < -0.4 is 0 Å². The maximum absolute atomic E-state index is 12.2. The molecule has 0 amide bonds. The zero-order chi connectivity index (χ0) is 11.5. The molecule has 0 N–H and O–H groups in total. The lowest BCUT2D eigenvalue weighted by Crippen LogP contribution is -2.36. The molecular weight excluding hydrogens is 276 g/mol. The minimum atomic E-state index is -0.507. The molecule has 1 fully saturated rings. The highest BCUT2D eigenvalue weighted by Crippen LogP contribution is 2.19. The molecule has 16 heavy (non-hydrogen) atoms. The van der Waals surface area contributed by atoms with Crippen LogP contribution in [0.3, 0.4) is 0 Å². The summed E-state index contributed by atoms with van der Waals surface area (Å²) in [5.41, 5.74) is 0.554. The third-order valence-corrected chi connectivity index (χ3v) is 3.02. The molecule has 2 heterocycles. The van der Waals surface area contributed by atoms with Gasteiger partial charge in [-0.3, -0.25) is 9.48 Å². The van der Waals surface area contributed by atoms with Gasteiger partial charge in [-0.05, 0) is 22.9 Å². The minimum Gasteiger partial charge on any atom is -0.376 e. The summed E-state index contributed by atoms with van der Waals surface area (Å²) in [5.74, 6) is -0.0778. The highest BCUT2D eigenvalue weighted by molar-refractivity contribution is 9.10. The summed E-state index contributed by atoms with van der Waals surface area (Å²) in [4.78, 5) is 12.2. The summed E-state index contributed by atoms with van der Waals surface area (Å²) < 4.78 is 13.0. The van der Waals surface area contributed by atoms with E-state index in [9.17, 15) is 4.79 Å². The van der Waals surface area contributed by atoms with Crippen LogP contribution in [0.5, 0.6) is 0 Å². The number of hydrogen-bond donors (Lipinski definition) is 0. The van der Waals surface area contributed by atoms with Crippen molar-refractivity contribution in [1.29, 1.82) is 0 Å². The Morgan fingerprint density at radius 1 is 1.69 bits per heavy atom. The van der Waals surface area contributed by atoms with Crippen molar-refractivity contribution in [2.45, 2.75) is 19.6 Å². The van der Waals surface area contributed by atoms with Gasteiger partial charge < -0.3 is 9.47 Å². The Morgan fingerprint density at radius 3 is 3.12 bits per heavy atom. The number of ether oxygens (including phenoxy) is 2. The van der Waals surface area contributed by atoms with Crippen LogP contribution in [0.2, 0.25) is 0 Å². The molecule has 1 aliphatic rings. The summed E-state index contributed by atoms with van der Waals surface area (Å²) in [6.45, 7) is 3.93. The molecule has 1 unspecified atom stereocenters. The van der Waals surface area contributed by atoms with Crippen molar-refractivity contribution >= 4 is 21.7 Å². The van der Waals surface area contributed by atoms with Gasteiger partial charge in [-0.15, -0.1) is 0 Å². The molecule has 1 aromatic rings. The molecular formula is C10H13BrN2O3. The molecule has 88 valence electrons. The predicted octanol–water partition coefficient (Wildman–Crippen LogP) is 1.26. The molecule has 0 bridgehead atoms. The monoisotopic (exact) mass is 288 g/mol. The highest BCUT2D eigenvalue weighted by Gasteiger charge is 2.28. The van der Waals surface area contributed by atoms with Gasteiger partial charge in [0, 0.05) is 6.54 Å². The van der Waals surface area contributed by atoms with Gasteiger partial charge in [0.25, 0.3) is 0 Å². The first-order valence-corrected chi connectivity index (χ1v) is 5.98. The number of halogens is 1. The van der Waals surface area contributed by atoms with Crippen molar-refractivity contribution in [2.75, 3.05) is 19.8 Å². The second kappa shape index (κ2) is 5.07.